The van der Waals surface area contributed by atoms with E-state index in [2.05, 4.69) is 15.4 Å². The highest BCUT2D eigenvalue weighted by atomic mass is 35.5. The van der Waals surface area contributed by atoms with Gasteiger partial charge in [-0.3, -0.25) is 10.1 Å². The van der Waals surface area contributed by atoms with E-state index in [1.54, 1.807) is 30.5 Å². The number of halogens is 2. The molecule has 7 nitrogen and oxygen atoms in total. The fourth-order valence-corrected chi connectivity index (χ4v) is 3.24. The maximum absolute atomic E-state index is 12.5. The van der Waals surface area contributed by atoms with Gasteiger partial charge in [0.15, 0.2) is 18.2 Å². The van der Waals surface area contributed by atoms with Crippen LogP contribution >= 0.6 is 23.2 Å². The van der Waals surface area contributed by atoms with Gasteiger partial charge in [-0.25, -0.2) is 9.67 Å². The Hall–Kier alpha value is -3.03. The molecule has 0 spiro atoms. The number of aromatic nitrogens is 4. The van der Waals surface area contributed by atoms with Crippen molar-refractivity contribution < 1.29 is 9.53 Å². The summed E-state index contributed by atoms with van der Waals surface area (Å²) in [4.78, 5) is 16.9. The smallest absolute Gasteiger partial charge is 0.278 e. The van der Waals surface area contributed by atoms with Crippen molar-refractivity contribution in [2.45, 2.75) is 6.73 Å². The normalized spacial score (nSPS) is 11.0. The minimum absolute atomic E-state index is 0.0586. The van der Waals surface area contributed by atoms with Crippen LogP contribution in [-0.2, 0) is 13.8 Å². The van der Waals surface area contributed by atoms with Gasteiger partial charge in [-0.1, -0.05) is 41.4 Å². The van der Waals surface area contributed by atoms with E-state index in [1.807, 2.05) is 35.9 Å². The average Bonchev–Trinajstić information content (AvgIpc) is 3.27. The highest BCUT2D eigenvalue weighted by Gasteiger charge is 2.15. The number of carbonyl (C=O) groups is 1. The molecule has 1 N–H and O–H groups in total. The molecule has 0 radical (unpaired) electrons. The second-order valence-corrected chi connectivity index (χ2v) is 6.82. The van der Waals surface area contributed by atoms with Gasteiger partial charge in [0.25, 0.3) is 5.91 Å². The van der Waals surface area contributed by atoms with Crippen molar-refractivity contribution in [2.75, 3.05) is 5.32 Å². The lowest BCUT2D eigenvalue weighted by Gasteiger charge is -2.09. The minimum Gasteiger partial charge on any atom is -0.468 e. The molecule has 0 unspecified atom stereocenters. The fraction of sp³-hybridized carbons (Fsp3) is 0.105. The van der Waals surface area contributed by atoms with E-state index < -0.39 is 0 Å². The Kier molecular flexibility index (Phi) is 4.93. The molecular weight excluding hydrogens is 401 g/mol. The Labute approximate surface area is 170 Å². The molecule has 4 aromatic rings. The van der Waals surface area contributed by atoms with E-state index >= 15 is 0 Å². The largest absolute Gasteiger partial charge is 0.468 e. The van der Waals surface area contributed by atoms with Crippen molar-refractivity contribution in [2.24, 2.45) is 7.05 Å². The van der Waals surface area contributed by atoms with Crippen molar-refractivity contribution >= 4 is 46.1 Å². The highest BCUT2D eigenvalue weighted by molar-refractivity contribution is 6.37. The number of para-hydroxylation sites is 3. The Morgan fingerprint density at radius 3 is 2.61 bits per heavy atom. The molecule has 2 heterocycles. The van der Waals surface area contributed by atoms with Crippen LogP contribution in [0.1, 0.15) is 10.5 Å². The maximum atomic E-state index is 12.5. The predicted octanol–water partition coefficient (Wildman–Crippen LogP) is 4.37. The molecule has 0 fully saturated rings. The Balaban J connectivity index is 1.46. The Morgan fingerprint density at radius 1 is 1.11 bits per heavy atom. The van der Waals surface area contributed by atoms with Crippen LogP contribution in [0.3, 0.4) is 0 Å². The number of hydrogen-bond acceptors (Lipinski definition) is 4. The van der Waals surface area contributed by atoms with Gasteiger partial charge in [-0.15, -0.1) is 0 Å². The second kappa shape index (κ2) is 7.53. The van der Waals surface area contributed by atoms with Crippen molar-refractivity contribution in [1.29, 1.82) is 0 Å². The highest BCUT2D eigenvalue weighted by Crippen LogP contribution is 2.32. The van der Waals surface area contributed by atoms with Gasteiger partial charge in [0.2, 0.25) is 5.95 Å². The minimum atomic E-state index is -0.368. The van der Waals surface area contributed by atoms with Gasteiger partial charge in [-0.2, -0.15) is 5.10 Å². The molecule has 28 heavy (non-hydrogen) atoms. The Morgan fingerprint density at radius 2 is 1.86 bits per heavy atom. The van der Waals surface area contributed by atoms with Crippen molar-refractivity contribution in [3.63, 3.8) is 0 Å². The number of fused-ring (bicyclic) bond motifs is 1. The van der Waals surface area contributed by atoms with Crippen molar-refractivity contribution in [3.05, 3.63) is 70.5 Å². The first kappa shape index (κ1) is 18.3. The van der Waals surface area contributed by atoms with Crippen LogP contribution in [0.5, 0.6) is 5.75 Å². The zero-order chi connectivity index (χ0) is 19.7. The molecule has 0 aliphatic rings. The molecule has 0 aliphatic heterocycles. The number of aryl methyl sites for hydroxylation is 1. The van der Waals surface area contributed by atoms with Crippen LogP contribution in [0.4, 0.5) is 5.95 Å². The van der Waals surface area contributed by atoms with Gasteiger partial charge < -0.3 is 9.30 Å². The number of hydrogen-bond donors (Lipinski definition) is 1. The Bertz CT molecular complexity index is 1150. The summed E-state index contributed by atoms with van der Waals surface area (Å²) in [6.07, 6.45) is 1.63. The van der Waals surface area contributed by atoms with E-state index in [1.165, 1.54) is 4.68 Å². The fourth-order valence-electron chi connectivity index (χ4n) is 2.73. The summed E-state index contributed by atoms with van der Waals surface area (Å²) in [5.74, 6) is 0.444. The number of nitrogens with one attached hydrogen (secondary N) is 1. The number of ether oxygens (including phenoxy) is 1. The molecule has 2 aromatic heterocycles. The number of imidazole rings is 1. The van der Waals surface area contributed by atoms with Crippen LogP contribution in [0.2, 0.25) is 10.0 Å². The number of amides is 1. The SMILES string of the molecule is Cn1c(NC(=O)c2ccn(COc3c(Cl)cccc3Cl)n2)nc2ccccc21. The monoisotopic (exact) mass is 415 g/mol. The van der Waals surface area contributed by atoms with Crippen LogP contribution in [0.25, 0.3) is 11.0 Å². The van der Waals surface area contributed by atoms with Gasteiger partial charge in [0.1, 0.15) is 0 Å². The van der Waals surface area contributed by atoms with Crippen LogP contribution < -0.4 is 10.1 Å². The summed E-state index contributed by atoms with van der Waals surface area (Å²) < 4.78 is 8.90. The quantitative estimate of drug-likeness (QED) is 0.525. The molecule has 9 heteroatoms. The number of carbonyl (C=O) groups excluding carboxylic acids is 1. The third-order valence-corrected chi connectivity index (χ3v) is 4.74. The molecule has 2 aromatic carbocycles. The standard InChI is InChI=1S/C19H15Cl2N5O2/c1-25-16-8-3-2-7-14(16)22-19(25)23-18(27)15-9-10-26(24-15)11-28-17-12(20)5-4-6-13(17)21/h2-10H,11H2,1H3,(H,22,23,27). The zero-order valence-corrected chi connectivity index (χ0v) is 16.3. The zero-order valence-electron chi connectivity index (χ0n) is 14.8. The molecule has 0 saturated carbocycles. The maximum Gasteiger partial charge on any atom is 0.278 e. The summed E-state index contributed by atoms with van der Waals surface area (Å²) >= 11 is 12.2. The predicted molar refractivity (Wildman–Crippen MR) is 108 cm³/mol. The van der Waals surface area contributed by atoms with Gasteiger partial charge in [-0.05, 0) is 30.3 Å². The summed E-state index contributed by atoms with van der Waals surface area (Å²) in [7, 11) is 1.84. The lowest BCUT2D eigenvalue weighted by Crippen LogP contribution is -2.16. The molecule has 4 rings (SSSR count). The summed E-state index contributed by atoms with van der Waals surface area (Å²) in [5.41, 5.74) is 1.96. The molecular formula is C19H15Cl2N5O2. The van der Waals surface area contributed by atoms with Gasteiger partial charge >= 0.3 is 0 Å². The summed E-state index contributed by atoms with van der Waals surface area (Å²) in [6, 6.07) is 14.3. The summed E-state index contributed by atoms with van der Waals surface area (Å²) in [6.45, 7) is 0.0586. The molecule has 1 amide bonds. The lowest BCUT2D eigenvalue weighted by molar-refractivity contribution is 0.101. The second-order valence-electron chi connectivity index (χ2n) is 6.00. The van der Waals surface area contributed by atoms with Crippen molar-refractivity contribution in [3.8, 4) is 5.75 Å². The number of anilines is 1. The average molecular weight is 416 g/mol. The first-order chi connectivity index (χ1) is 13.5. The number of rotatable bonds is 5. The van der Waals surface area contributed by atoms with E-state index in [4.69, 9.17) is 27.9 Å². The van der Waals surface area contributed by atoms with E-state index in [-0.39, 0.29) is 18.3 Å². The van der Waals surface area contributed by atoms with E-state index in [0.29, 0.717) is 21.7 Å². The van der Waals surface area contributed by atoms with Crippen molar-refractivity contribution in [1.82, 2.24) is 19.3 Å². The number of benzene rings is 2. The van der Waals surface area contributed by atoms with E-state index in [0.717, 1.165) is 11.0 Å². The molecule has 0 bridgehead atoms. The first-order valence-electron chi connectivity index (χ1n) is 8.36. The molecule has 0 aliphatic carbocycles. The lowest BCUT2D eigenvalue weighted by atomic mass is 10.3. The van der Waals surface area contributed by atoms with Crippen LogP contribution in [-0.4, -0.2) is 25.2 Å². The van der Waals surface area contributed by atoms with Crippen LogP contribution in [0, 0.1) is 0 Å². The molecule has 0 saturated heterocycles. The number of nitrogens with zero attached hydrogens (tertiary/aromatic N) is 4. The summed E-state index contributed by atoms with van der Waals surface area (Å²) in [5, 5.41) is 7.80. The van der Waals surface area contributed by atoms with E-state index in [9.17, 15) is 4.79 Å². The molecule has 0 atom stereocenters. The third-order valence-electron chi connectivity index (χ3n) is 4.15. The molecule has 142 valence electrons. The van der Waals surface area contributed by atoms with Gasteiger partial charge in [0.05, 0.1) is 21.1 Å². The topological polar surface area (TPSA) is 74.0 Å². The van der Waals surface area contributed by atoms with Crippen LogP contribution in [0.15, 0.2) is 54.7 Å². The van der Waals surface area contributed by atoms with Gasteiger partial charge in [0, 0.05) is 13.2 Å². The third kappa shape index (κ3) is 3.54. The first-order valence-corrected chi connectivity index (χ1v) is 9.11.